The zero-order valence-corrected chi connectivity index (χ0v) is 11.4. The Morgan fingerprint density at radius 3 is 2.58 bits per heavy atom. The van der Waals surface area contributed by atoms with Gasteiger partial charge in [0.2, 0.25) is 0 Å². The van der Waals surface area contributed by atoms with E-state index >= 15 is 0 Å². The highest BCUT2D eigenvalue weighted by atomic mass is 15.0. The van der Waals surface area contributed by atoms with Crippen LogP contribution in [0.15, 0.2) is 36.5 Å². The van der Waals surface area contributed by atoms with Crippen LogP contribution in [-0.2, 0) is 0 Å². The molecule has 0 bridgehead atoms. The number of hydrogen-bond donors (Lipinski definition) is 2. The maximum atomic E-state index is 6.14. The van der Waals surface area contributed by atoms with Crippen LogP contribution >= 0.6 is 0 Å². The van der Waals surface area contributed by atoms with Crippen molar-refractivity contribution >= 4 is 5.82 Å². The summed E-state index contributed by atoms with van der Waals surface area (Å²) >= 11 is 0. The fourth-order valence-electron chi connectivity index (χ4n) is 1.85. The Morgan fingerprint density at radius 2 is 1.89 bits per heavy atom. The van der Waals surface area contributed by atoms with Crippen molar-refractivity contribution in [3.8, 4) is 0 Å². The van der Waals surface area contributed by atoms with Crippen LogP contribution in [0.5, 0.6) is 0 Å². The van der Waals surface area contributed by atoms with Gasteiger partial charge in [-0.05, 0) is 25.8 Å². The van der Waals surface area contributed by atoms with Crippen molar-refractivity contribution in [2.75, 3.05) is 11.9 Å². The Morgan fingerprint density at radius 1 is 1.16 bits per heavy atom. The van der Waals surface area contributed by atoms with Gasteiger partial charge in [-0.2, -0.15) is 0 Å². The van der Waals surface area contributed by atoms with E-state index in [1.807, 2.05) is 32.0 Å². The first kappa shape index (κ1) is 13.5. The Hall–Kier alpha value is -1.94. The highest BCUT2D eigenvalue weighted by Gasteiger charge is 2.05. The van der Waals surface area contributed by atoms with E-state index < -0.39 is 0 Å². The Bertz CT molecular complexity index is 525. The average molecular weight is 256 g/mol. The number of hydrogen-bond acceptors (Lipinski definition) is 4. The van der Waals surface area contributed by atoms with Crippen LogP contribution in [0.2, 0.25) is 0 Å². The molecule has 0 aliphatic rings. The normalized spacial score (nSPS) is 12.2. The van der Waals surface area contributed by atoms with E-state index in [0.29, 0.717) is 0 Å². The summed E-state index contributed by atoms with van der Waals surface area (Å²) in [5.41, 5.74) is 9.22. The summed E-state index contributed by atoms with van der Waals surface area (Å²) in [7, 11) is 0. The van der Waals surface area contributed by atoms with Gasteiger partial charge in [-0.25, -0.2) is 4.98 Å². The summed E-state index contributed by atoms with van der Waals surface area (Å²) < 4.78 is 0. The van der Waals surface area contributed by atoms with Crippen LogP contribution in [0, 0.1) is 13.8 Å². The zero-order valence-electron chi connectivity index (χ0n) is 11.4. The van der Waals surface area contributed by atoms with Gasteiger partial charge in [0.15, 0.2) is 0 Å². The smallest absolute Gasteiger partial charge is 0.144 e. The largest absolute Gasteiger partial charge is 0.369 e. The van der Waals surface area contributed by atoms with E-state index in [1.165, 1.54) is 0 Å². The number of anilines is 1. The molecule has 1 unspecified atom stereocenters. The van der Waals surface area contributed by atoms with Gasteiger partial charge in [-0.1, -0.05) is 30.3 Å². The van der Waals surface area contributed by atoms with Gasteiger partial charge in [-0.15, -0.1) is 0 Å². The first-order valence-corrected chi connectivity index (χ1v) is 6.51. The molecule has 0 amide bonds. The maximum absolute atomic E-state index is 6.14. The van der Waals surface area contributed by atoms with Gasteiger partial charge in [-0.3, -0.25) is 4.98 Å². The number of benzene rings is 1. The monoisotopic (exact) mass is 256 g/mol. The Labute approximate surface area is 114 Å². The van der Waals surface area contributed by atoms with Crippen molar-refractivity contribution in [1.29, 1.82) is 0 Å². The molecule has 0 fully saturated rings. The second-order valence-electron chi connectivity index (χ2n) is 4.66. The minimum atomic E-state index is 0.0493. The van der Waals surface area contributed by atoms with Crippen LogP contribution < -0.4 is 11.1 Å². The lowest BCUT2D eigenvalue weighted by atomic mass is 10.1. The number of nitrogens with one attached hydrogen (secondary N) is 1. The Balaban J connectivity index is 1.85. The van der Waals surface area contributed by atoms with E-state index in [-0.39, 0.29) is 6.04 Å². The molecule has 1 heterocycles. The van der Waals surface area contributed by atoms with E-state index in [4.69, 9.17) is 5.73 Å². The van der Waals surface area contributed by atoms with Gasteiger partial charge in [0.25, 0.3) is 0 Å². The van der Waals surface area contributed by atoms with Gasteiger partial charge in [0, 0.05) is 12.6 Å². The van der Waals surface area contributed by atoms with Gasteiger partial charge < -0.3 is 11.1 Å². The summed E-state index contributed by atoms with van der Waals surface area (Å²) in [6, 6.07) is 10.2. The summed E-state index contributed by atoms with van der Waals surface area (Å²) in [5, 5.41) is 3.26. The summed E-state index contributed by atoms with van der Waals surface area (Å²) in [5.74, 6) is 0.809. The van der Waals surface area contributed by atoms with Crippen LogP contribution in [0.3, 0.4) is 0 Å². The van der Waals surface area contributed by atoms with E-state index in [0.717, 1.165) is 35.7 Å². The molecule has 2 rings (SSSR count). The molecule has 1 aromatic heterocycles. The molecule has 0 saturated heterocycles. The third kappa shape index (κ3) is 3.76. The van der Waals surface area contributed by atoms with Crippen molar-refractivity contribution in [2.24, 2.45) is 5.73 Å². The second-order valence-corrected chi connectivity index (χ2v) is 4.66. The molecule has 0 saturated carbocycles. The average Bonchev–Trinajstić information content (AvgIpc) is 2.43. The second kappa shape index (κ2) is 6.29. The fourth-order valence-corrected chi connectivity index (χ4v) is 1.85. The number of aryl methyl sites for hydroxylation is 2. The van der Waals surface area contributed by atoms with E-state index in [2.05, 4.69) is 27.4 Å². The first-order chi connectivity index (χ1) is 9.16. The molecule has 0 radical (unpaired) electrons. The van der Waals surface area contributed by atoms with Crippen LogP contribution in [0.1, 0.15) is 29.4 Å². The predicted molar refractivity (Wildman–Crippen MR) is 78.0 cm³/mol. The lowest BCUT2D eigenvalue weighted by molar-refractivity contribution is 0.674. The molecule has 0 aliphatic heterocycles. The molecule has 0 spiro atoms. The maximum Gasteiger partial charge on any atom is 0.144 e. The molecule has 0 aliphatic carbocycles. The standard InChI is InChI=1S/C15H20N4/c1-11-12(2)19-15(10-18-11)17-9-8-14(16)13-6-4-3-5-7-13/h3-7,10,14H,8-9,16H2,1-2H3,(H,17,19). The van der Waals surface area contributed by atoms with Crippen molar-refractivity contribution in [1.82, 2.24) is 9.97 Å². The highest BCUT2D eigenvalue weighted by molar-refractivity contribution is 5.33. The minimum absolute atomic E-state index is 0.0493. The molecule has 1 atom stereocenters. The number of aromatic nitrogens is 2. The van der Waals surface area contributed by atoms with Gasteiger partial charge >= 0.3 is 0 Å². The van der Waals surface area contributed by atoms with Gasteiger partial charge in [0.1, 0.15) is 5.82 Å². The third-order valence-electron chi connectivity index (χ3n) is 3.18. The van der Waals surface area contributed by atoms with Crippen LogP contribution in [0.25, 0.3) is 0 Å². The molecule has 100 valence electrons. The van der Waals surface area contributed by atoms with E-state index in [1.54, 1.807) is 6.20 Å². The molecular weight excluding hydrogens is 236 g/mol. The van der Waals surface area contributed by atoms with Crippen LogP contribution in [0.4, 0.5) is 5.82 Å². The predicted octanol–water partition coefficient (Wildman–Crippen LogP) is 2.60. The van der Waals surface area contributed by atoms with Crippen molar-refractivity contribution in [2.45, 2.75) is 26.3 Å². The quantitative estimate of drug-likeness (QED) is 0.863. The zero-order chi connectivity index (χ0) is 13.7. The number of rotatable bonds is 5. The topological polar surface area (TPSA) is 63.8 Å². The number of nitrogens with two attached hydrogens (primary N) is 1. The molecule has 19 heavy (non-hydrogen) atoms. The SMILES string of the molecule is Cc1ncc(NCCC(N)c2ccccc2)nc1C. The molecule has 4 nitrogen and oxygen atoms in total. The highest BCUT2D eigenvalue weighted by Crippen LogP contribution is 2.13. The molecular formula is C15H20N4. The van der Waals surface area contributed by atoms with Crippen molar-refractivity contribution in [3.63, 3.8) is 0 Å². The first-order valence-electron chi connectivity index (χ1n) is 6.51. The van der Waals surface area contributed by atoms with Crippen molar-refractivity contribution < 1.29 is 0 Å². The molecule has 2 aromatic rings. The van der Waals surface area contributed by atoms with E-state index in [9.17, 15) is 0 Å². The summed E-state index contributed by atoms with van der Waals surface area (Å²) in [6.45, 7) is 4.70. The van der Waals surface area contributed by atoms with Crippen LogP contribution in [-0.4, -0.2) is 16.5 Å². The molecule has 3 N–H and O–H groups in total. The lowest BCUT2D eigenvalue weighted by Crippen LogP contribution is -2.15. The lowest BCUT2D eigenvalue weighted by Gasteiger charge is -2.13. The third-order valence-corrected chi connectivity index (χ3v) is 3.18. The molecule has 4 heteroatoms. The molecule has 1 aromatic carbocycles. The summed E-state index contributed by atoms with van der Waals surface area (Å²) in [6.07, 6.45) is 2.62. The van der Waals surface area contributed by atoms with Gasteiger partial charge in [0.05, 0.1) is 17.6 Å². The van der Waals surface area contributed by atoms with Crippen molar-refractivity contribution in [3.05, 3.63) is 53.5 Å². The number of nitrogens with zero attached hydrogens (tertiary/aromatic N) is 2. The summed E-state index contributed by atoms with van der Waals surface area (Å²) in [4.78, 5) is 8.71. The minimum Gasteiger partial charge on any atom is -0.369 e. The Kier molecular flexibility index (Phi) is 4.47. The fraction of sp³-hybridized carbons (Fsp3) is 0.333.